The summed E-state index contributed by atoms with van der Waals surface area (Å²) in [5, 5.41) is 6.45. The summed E-state index contributed by atoms with van der Waals surface area (Å²) in [5.41, 5.74) is 2.86. The number of amides is 2. The molecule has 3 heterocycles. The van der Waals surface area contributed by atoms with Gasteiger partial charge in [-0.2, -0.15) is 0 Å². The first kappa shape index (κ1) is 19.2. The van der Waals surface area contributed by atoms with Crippen LogP contribution >= 0.6 is 12.2 Å². The van der Waals surface area contributed by atoms with Gasteiger partial charge in [-0.1, -0.05) is 78.4 Å². The molecule has 2 N–H and O–H groups in total. The van der Waals surface area contributed by atoms with Crippen molar-refractivity contribution in [1.82, 2.24) is 5.32 Å². The van der Waals surface area contributed by atoms with Crippen LogP contribution in [0.2, 0.25) is 0 Å². The van der Waals surface area contributed by atoms with E-state index in [9.17, 15) is 9.59 Å². The number of aryl methyl sites for hydroxylation is 1. The zero-order valence-electron chi connectivity index (χ0n) is 17.7. The SMILES string of the molecule is Cc1ccc([C@H]2[C@]3(C(=O)Nc4ccccc43)C(=S)N[C@]23C(=O)N(C)c2ccccc23)cc1. The normalized spacial score (nSPS) is 27.6. The van der Waals surface area contributed by atoms with Crippen molar-refractivity contribution in [3.63, 3.8) is 0 Å². The summed E-state index contributed by atoms with van der Waals surface area (Å²) in [6, 6.07) is 23.5. The van der Waals surface area contributed by atoms with Gasteiger partial charge in [0, 0.05) is 29.9 Å². The molecule has 3 atom stereocenters. The Balaban J connectivity index is 1.73. The van der Waals surface area contributed by atoms with Gasteiger partial charge in [0.2, 0.25) is 5.91 Å². The third kappa shape index (κ3) is 2.06. The second kappa shape index (κ2) is 6.26. The average Bonchev–Trinajstić information content (AvgIpc) is 3.33. The van der Waals surface area contributed by atoms with Crippen molar-refractivity contribution in [2.45, 2.75) is 23.8 Å². The summed E-state index contributed by atoms with van der Waals surface area (Å²) in [6.07, 6.45) is 0. The maximum atomic E-state index is 14.0. The van der Waals surface area contributed by atoms with Crippen LogP contribution in [-0.2, 0) is 20.5 Å². The van der Waals surface area contributed by atoms with Crippen LogP contribution in [0.15, 0.2) is 72.8 Å². The van der Waals surface area contributed by atoms with Crippen LogP contribution < -0.4 is 15.5 Å². The van der Waals surface area contributed by atoms with Crippen LogP contribution in [0.3, 0.4) is 0 Å². The number of rotatable bonds is 1. The first-order valence-electron chi connectivity index (χ1n) is 10.6. The summed E-state index contributed by atoms with van der Waals surface area (Å²) in [4.78, 5) is 29.9. The fourth-order valence-electron chi connectivity index (χ4n) is 5.84. The van der Waals surface area contributed by atoms with Crippen LogP contribution in [0.25, 0.3) is 0 Å². The summed E-state index contributed by atoms with van der Waals surface area (Å²) in [5.74, 6) is -0.857. The maximum Gasteiger partial charge on any atom is 0.257 e. The van der Waals surface area contributed by atoms with Gasteiger partial charge in [-0.25, -0.2) is 0 Å². The average molecular weight is 440 g/mol. The number of likely N-dealkylation sites (N-methyl/N-ethyl adjacent to an activating group) is 1. The first-order valence-corrected chi connectivity index (χ1v) is 11.0. The molecule has 1 saturated heterocycles. The van der Waals surface area contributed by atoms with Crippen molar-refractivity contribution in [3.8, 4) is 0 Å². The minimum absolute atomic E-state index is 0.110. The molecule has 5 nitrogen and oxygen atoms in total. The molecule has 6 rings (SSSR count). The zero-order chi connectivity index (χ0) is 22.3. The number of carbonyl (C=O) groups excluding carboxylic acids is 2. The van der Waals surface area contributed by atoms with Crippen molar-refractivity contribution in [2.24, 2.45) is 0 Å². The lowest BCUT2D eigenvalue weighted by molar-refractivity contribution is -0.125. The fraction of sp³-hybridized carbons (Fsp3) is 0.192. The van der Waals surface area contributed by atoms with Crippen LogP contribution in [0, 0.1) is 6.92 Å². The lowest BCUT2D eigenvalue weighted by Crippen LogP contribution is -2.51. The van der Waals surface area contributed by atoms with Gasteiger partial charge in [0.25, 0.3) is 5.91 Å². The second-order valence-electron chi connectivity index (χ2n) is 8.79. The van der Waals surface area contributed by atoms with E-state index in [0.29, 0.717) is 4.99 Å². The second-order valence-corrected chi connectivity index (χ2v) is 9.20. The highest BCUT2D eigenvalue weighted by Crippen LogP contribution is 2.62. The topological polar surface area (TPSA) is 61.4 Å². The van der Waals surface area contributed by atoms with E-state index in [1.807, 2.05) is 79.7 Å². The monoisotopic (exact) mass is 439 g/mol. The third-order valence-corrected chi connectivity index (χ3v) is 7.66. The zero-order valence-corrected chi connectivity index (χ0v) is 18.5. The van der Waals surface area contributed by atoms with Gasteiger partial charge in [0.1, 0.15) is 5.41 Å². The smallest absolute Gasteiger partial charge is 0.257 e. The van der Waals surface area contributed by atoms with Crippen LogP contribution in [-0.4, -0.2) is 23.9 Å². The predicted molar refractivity (Wildman–Crippen MR) is 128 cm³/mol. The Morgan fingerprint density at radius 2 is 1.56 bits per heavy atom. The molecule has 3 aliphatic heterocycles. The summed E-state index contributed by atoms with van der Waals surface area (Å²) in [7, 11) is 1.78. The lowest BCUT2D eigenvalue weighted by Gasteiger charge is -2.36. The summed E-state index contributed by atoms with van der Waals surface area (Å²) < 4.78 is 0. The standard InChI is InChI=1S/C26H21N3O2S/c1-15-11-13-16(14-12-15)21-25(17-7-3-5-9-19(17)27-22(25)30)23(32)28-26(21)18-8-4-6-10-20(18)29(2)24(26)31/h3-14,21H,1-2H3,(H,27,30)(H,28,32)/t21-,25+,26-/m0/s1. The molecule has 0 aliphatic carbocycles. The number of hydrogen-bond acceptors (Lipinski definition) is 3. The number of nitrogens with zero attached hydrogens (tertiary/aromatic N) is 1. The molecule has 158 valence electrons. The Kier molecular flexibility index (Phi) is 3.76. The molecule has 0 radical (unpaired) electrons. The van der Waals surface area contributed by atoms with Crippen molar-refractivity contribution < 1.29 is 9.59 Å². The van der Waals surface area contributed by atoms with E-state index in [0.717, 1.165) is 33.6 Å². The van der Waals surface area contributed by atoms with E-state index in [4.69, 9.17) is 12.2 Å². The quantitative estimate of drug-likeness (QED) is 0.567. The largest absolute Gasteiger partial charge is 0.360 e. The van der Waals surface area contributed by atoms with E-state index in [-0.39, 0.29) is 11.8 Å². The van der Waals surface area contributed by atoms with Gasteiger partial charge < -0.3 is 15.5 Å². The number of benzene rings is 3. The van der Waals surface area contributed by atoms with Gasteiger partial charge in [0.05, 0.1) is 4.99 Å². The number of carbonyl (C=O) groups is 2. The molecule has 6 heteroatoms. The molecular weight excluding hydrogens is 418 g/mol. The molecule has 0 bridgehead atoms. The van der Waals surface area contributed by atoms with Gasteiger partial charge in [-0.05, 0) is 30.2 Å². The molecule has 2 spiro atoms. The van der Waals surface area contributed by atoms with Crippen LogP contribution in [0.4, 0.5) is 11.4 Å². The van der Waals surface area contributed by atoms with Crippen molar-refractivity contribution in [3.05, 3.63) is 95.1 Å². The van der Waals surface area contributed by atoms with Gasteiger partial charge >= 0.3 is 0 Å². The maximum absolute atomic E-state index is 14.0. The summed E-state index contributed by atoms with van der Waals surface area (Å²) in [6.45, 7) is 2.02. The van der Waals surface area contributed by atoms with Crippen molar-refractivity contribution in [2.75, 3.05) is 17.3 Å². The number of anilines is 2. The van der Waals surface area contributed by atoms with E-state index < -0.39 is 16.9 Å². The van der Waals surface area contributed by atoms with E-state index >= 15 is 0 Å². The highest BCUT2D eigenvalue weighted by atomic mass is 32.1. The van der Waals surface area contributed by atoms with Gasteiger partial charge in [-0.15, -0.1) is 0 Å². The van der Waals surface area contributed by atoms with Crippen LogP contribution in [0.5, 0.6) is 0 Å². The molecule has 0 saturated carbocycles. The van der Waals surface area contributed by atoms with Gasteiger partial charge in [-0.3, -0.25) is 9.59 Å². The number of fused-ring (bicyclic) bond motifs is 4. The van der Waals surface area contributed by atoms with Gasteiger partial charge in [0.15, 0.2) is 5.54 Å². The van der Waals surface area contributed by atoms with Crippen LogP contribution in [0.1, 0.15) is 28.2 Å². The number of hydrogen-bond donors (Lipinski definition) is 2. The Morgan fingerprint density at radius 1 is 0.906 bits per heavy atom. The number of nitrogens with one attached hydrogen (secondary N) is 2. The highest BCUT2D eigenvalue weighted by Gasteiger charge is 2.73. The highest BCUT2D eigenvalue weighted by molar-refractivity contribution is 7.80. The molecule has 0 aromatic heterocycles. The molecule has 2 amide bonds. The minimum Gasteiger partial charge on any atom is -0.360 e. The lowest BCUT2D eigenvalue weighted by atomic mass is 9.62. The molecule has 3 aliphatic rings. The molecule has 3 aromatic carbocycles. The third-order valence-electron chi connectivity index (χ3n) is 7.24. The first-order chi connectivity index (χ1) is 15.4. The molecule has 32 heavy (non-hydrogen) atoms. The fourth-order valence-corrected chi connectivity index (χ4v) is 6.33. The molecule has 1 fully saturated rings. The van der Waals surface area contributed by atoms with Crippen molar-refractivity contribution in [1.29, 1.82) is 0 Å². The molecule has 3 aromatic rings. The Bertz CT molecular complexity index is 1330. The Labute approximate surface area is 191 Å². The Hall–Kier alpha value is -3.51. The van der Waals surface area contributed by atoms with E-state index in [1.54, 1.807) is 11.9 Å². The predicted octanol–water partition coefficient (Wildman–Crippen LogP) is 3.77. The summed E-state index contributed by atoms with van der Waals surface area (Å²) >= 11 is 5.93. The van der Waals surface area contributed by atoms with Crippen molar-refractivity contribution >= 4 is 40.4 Å². The van der Waals surface area contributed by atoms with E-state index in [1.165, 1.54) is 0 Å². The molecular formula is C26H21N3O2S. The van der Waals surface area contributed by atoms with E-state index in [2.05, 4.69) is 10.6 Å². The number of thiocarbonyl (C=S) groups is 1. The molecule has 0 unspecified atom stereocenters. The minimum atomic E-state index is -1.19. The Morgan fingerprint density at radius 3 is 2.31 bits per heavy atom. The number of para-hydroxylation sites is 2.